The molecule has 9 nitrogen and oxygen atoms in total. The molecule has 7 rings (SSSR count). The Hall–Kier alpha value is -5.84. The zero-order valence-electron chi connectivity index (χ0n) is 26.9. The molecule has 0 bridgehead atoms. The fourth-order valence-electron chi connectivity index (χ4n) is 5.80. The number of carbonyl (C=O) groups excluding carboxylic acids is 2. The second-order valence-corrected chi connectivity index (χ2v) is 12.9. The number of carbonyl (C=O) groups is 2. The summed E-state index contributed by atoms with van der Waals surface area (Å²) in [6, 6.07) is 32.2. The van der Waals surface area contributed by atoms with Gasteiger partial charge in [-0.3, -0.25) is 9.36 Å². The van der Waals surface area contributed by atoms with Crippen molar-refractivity contribution < 1.29 is 19.1 Å². The van der Waals surface area contributed by atoms with Gasteiger partial charge in [0.05, 0.1) is 40.2 Å². The Morgan fingerprint density at radius 2 is 1.58 bits per heavy atom. The maximum atomic E-state index is 14.4. The number of thiazole rings is 1. The predicted octanol–water partition coefficient (Wildman–Crippen LogP) is 6.27. The molecule has 0 radical (unpaired) electrons. The zero-order valence-corrected chi connectivity index (χ0v) is 28.5. The maximum absolute atomic E-state index is 14.4. The molecule has 1 aliphatic heterocycles. The van der Waals surface area contributed by atoms with Gasteiger partial charge in [-0.2, -0.15) is 5.10 Å². The van der Waals surface area contributed by atoms with E-state index in [0.29, 0.717) is 42.4 Å². The van der Waals surface area contributed by atoms with Crippen LogP contribution in [0.2, 0.25) is 5.02 Å². The van der Waals surface area contributed by atoms with Crippen LogP contribution in [-0.4, -0.2) is 33.4 Å². The molecule has 50 heavy (non-hydrogen) atoms. The Balaban J connectivity index is 1.36. The lowest BCUT2D eigenvalue weighted by atomic mass is 9.95. The van der Waals surface area contributed by atoms with Gasteiger partial charge in [0.15, 0.2) is 4.80 Å². The minimum atomic E-state index is -0.869. The summed E-state index contributed by atoms with van der Waals surface area (Å²) in [5, 5.41) is 5.48. The number of allylic oxidation sites excluding steroid dienone is 1. The molecular weight excluding hydrogens is 672 g/mol. The third-order valence-corrected chi connectivity index (χ3v) is 9.50. The van der Waals surface area contributed by atoms with E-state index in [4.69, 9.17) is 31.2 Å². The van der Waals surface area contributed by atoms with Crippen molar-refractivity contribution in [3.63, 3.8) is 0 Å². The van der Waals surface area contributed by atoms with Crippen LogP contribution in [0.4, 0.5) is 0 Å². The van der Waals surface area contributed by atoms with Gasteiger partial charge >= 0.3 is 11.9 Å². The highest BCUT2D eigenvalue weighted by molar-refractivity contribution is 7.07. The fourth-order valence-corrected chi connectivity index (χ4v) is 6.96. The van der Waals surface area contributed by atoms with Gasteiger partial charge in [-0.1, -0.05) is 95.7 Å². The van der Waals surface area contributed by atoms with Crippen molar-refractivity contribution in [2.45, 2.75) is 19.6 Å². The van der Waals surface area contributed by atoms with E-state index >= 15 is 0 Å². The number of hydrogen-bond donors (Lipinski definition) is 0. The molecule has 0 amide bonds. The van der Waals surface area contributed by atoms with E-state index in [0.717, 1.165) is 16.8 Å². The van der Waals surface area contributed by atoms with Crippen LogP contribution in [0.3, 0.4) is 0 Å². The first-order valence-electron chi connectivity index (χ1n) is 15.6. The summed E-state index contributed by atoms with van der Waals surface area (Å²) in [5.41, 5.74) is 5.12. The van der Waals surface area contributed by atoms with Crippen molar-refractivity contribution >= 4 is 41.0 Å². The van der Waals surface area contributed by atoms with E-state index in [1.54, 1.807) is 54.1 Å². The van der Waals surface area contributed by atoms with Gasteiger partial charge < -0.3 is 9.47 Å². The first kappa shape index (κ1) is 32.7. The Labute approximate surface area is 295 Å². The number of rotatable bonds is 8. The lowest BCUT2D eigenvalue weighted by molar-refractivity contribution is -0.140. The topological polar surface area (TPSA) is 105 Å². The minimum Gasteiger partial charge on any atom is -0.465 e. The summed E-state index contributed by atoms with van der Waals surface area (Å²) >= 11 is 7.41. The van der Waals surface area contributed by atoms with Crippen LogP contribution < -0.4 is 14.9 Å². The quantitative estimate of drug-likeness (QED) is 0.173. The van der Waals surface area contributed by atoms with Gasteiger partial charge in [0.2, 0.25) is 0 Å². The molecule has 1 unspecified atom stereocenters. The average Bonchev–Trinajstić information content (AvgIpc) is 3.71. The van der Waals surface area contributed by atoms with E-state index in [2.05, 4.69) is 0 Å². The number of methoxy groups -OCH3 is 1. The van der Waals surface area contributed by atoms with Crippen LogP contribution >= 0.6 is 22.9 Å². The number of nitrogens with zero attached hydrogens (tertiary/aromatic N) is 4. The lowest BCUT2D eigenvalue weighted by Gasteiger charge is -2.25. The number of aromatic nitrogens is 3. The second kappa shape index (κ2) is 13.9. The van der Waals surface area contributed by atoms with Crippen LogP contribution in [-0.2, 0) is 20.9 Å². The van der Waals surface area contributed by atoms with Gasteiger partial charge in [0.1, 0.15) is 12.3 Å². The Morgan fingerprint density at radius 1 is 0.900 bits per heavy atom. The molecule has 1 aliphatic rings. The number of ether oxygens (including phenoxy) is 2. The standard InChI is InChI=1S/C39H29ClN4O5S/c1-24-33(38(47)49-23-25-9-5-3-6-10-25)35(27-13-15-28(16-14-27)37(46)48-2)44-36(45)32(50-39(44)41-24)21-29-22-43(31-11-7-4-8-12-31)42-34(29)26-17-19-30(40)20-18-26/h3-22,35H,23H2,1-2H3. The number of para-hydroxylation sites is 1. The highest BCUT2D eigenvalue weighted by Gasteiger charge is 2.33. The molecule has 3 heterocycles. The number of fused-ring (bicyclic) bond motifs is 1. The fraction of sp³-hybridized carbons (Fsp3) is 0.103. The number of halogens is 1. The third kappa shape index (κ3) is 6.46. The van der Waals surface area contributed by atoms with Crippen molar-refractivity contribution in [3.8, 4) is 16.9 Å². The van der Waals surface area contributed by atoms with Crippen molar-refractivity contribution in [1.82, 2.24) is 14.3 Å². The third-order valence-electron chi connectivity index (χ3n) is 8.27. The van der Waals surface area contributed by atoms with Gasteiger partial charge in [-0.05, 0) is 60.5 Å². The molecule has 0 N–H and O–H groups in total. The summed E-state index contributed by atoms with van der Waals surface area (Å²) < 4.78 is 14.3. The summed E-state index contributed by atoms with van der Waals surface area (Å²) in [6.45, 7) is 1.78. The molecule has 0 saturated carbocycles. The van der Waals surface area contributed by atoms with E-state index < -0.39 is 18.0 Å². The van der Waals surface area contributed by atoms with Crippen molar-refractivity contribution in [2.24, 2.45) is 4.99 Å². The SMILES string of the molecule is COC(=O)c1ccc(C2C(C(=O)OCc3ccccc3)=C(C)N=c3sc(=Cc4cn(-c5ccccc5)nc4-c4ccc(Cl)cc4)c(=O)n32)cc1. The lowest BCUT2D eigenvalue weighted by Crippen LogP contribution is -2.39. The Morgan fingerprint density at radius 3 is 2.26 bits per heavy atom. The first-order valence-corrected chi connectivity index (χ1v) is 16.8. The summed E-state index contributed by atoms with van der Waals surface area (Å²) in [5.74, 6) is -1.09. The minimum absolute atomic E-state index is 0.0494. The number of benzene rings is 4. The van der Waals surface area contributed by atoms with Gasteiger partial charge in [-0.25, -0.2) is 19.3 Å². The highest BCUT2D eigenvalue weighted by Crippen LogP contribution is 2.32. The van der Waals surface area contributed by atoms with Crippen molar-refractivity contribution in [3.05, 3.63) is 174 Å². The van der Waals surface area contributed by atoms with Crippen molar-refractivity contribution in [1.29, 1.82) is 0 Å². The number of hydrogen-bond acceptors (Lipinski definition) is 8. The molecule has 0 saturated heterocycles. The van der Waals surface area contributed by atoms with Gasteiger partial charge in [0, 0.05) is 22.3 Å². The summed E-state index contributed by atoms with van der Waals surface area (Å²) in [6.07, 6.45) is 3.67. The van der Waals surface area contributed by atoms with E-state index in [9.17, 15) is 14.4 Å². The van der Waals surface area contributed by atoms with E-state index in [1.165, 1.54) is 23.0 Å². The maximum Gasteiger partial charge on any atom is 0.338 e. The van der Waals surface area contributed by atoms with Crippen LogP contribution in [0.5, 0.6) is 0 Å². The van der Waals surface area contributed by atoms with Gasteiger partial charge in [-0.15, -0.1) is 0 Å². The molecule has 6 aromatic rings. The smallest absolute Gasteiger partial charge is 0.338 e. The normalized spacial score (nSPS) is 14.2. The molecule has 4 aromatic carbocycles. The van der Waals surface area contributed by atoms with Crippen LogP contribution in [0.15, 0.2) is 136 Å². The predicted molar refractivity (Wildman–Crippen MR) is 192 cm³/mol. The summed E-state index contributed by atoms with van der Waals surface area (Å²) in [7, 11) is 1.31. The van der Waals surface area contributed by atoms with E-state index in [-0.39, 0.29) is 17.7 Å². The Bertz CT molecular complexity index is 2430. The summed E-state index contributed by atoms with van der Waals surface area (Å²) in [4.78, 5) is 45.6. The molecule has 0 spiro atoms. The number of esters is 2. The van der Waals surface area contributed by atoms with Crippen LogP contribution in [0, 0.1) is 0 Å². The molecule has 2 aromatic heterocycles. The van der Waals surface area contributed by atoms with E-state index in [1.807, 2.05) is 79.0 Å². The Kier molecular flexibility index (Phi) is 9.12. The molecular formula is C39H29ClN4O5S. The van der Waals surface area contributed by atoms with Gasteiger partial charge in [0.25, 0.3) is 5.56 Å². The largest absolute Gasteiger partial charge is 0.465 e. The van der Waals surface area contributed by atoms with Crippen LogP contribution in [0.25, 0.3) is 23.0 Å². The second-order valence-electron chi connectivity index (χ2n) is 11.5. The monoisotopic (exact) mass is 700 g/mol. The molecule has 11 heteroatoms. The van der Waals surface area contributed by atoms with Crippen molar-refractivity contribution in [2.75, 3.05) is 7.11 Å². The highest BCUT2D eigenvalue weighted by atomic mass is 35.5. The van der Waals surface area contributed by atoms with Crippen LogP contribution in [0.1, 0.15) is 40.0 Å². The first-order chi connectivity index (χ1) is 24.3. The molecule has 1 atom stereocenters. The molecule has 0 fully saturated rings. The average molecular weight is 701 g/mol. The zero-order chi connectivity index (χ0) is 34.8. The molecule has 248 valence electrons. The molecule has 0 aliphatic carbocycles.